The Hall–Kier alpha value is -0.0800. The zero-order valence-electron chi connectivity index (χ0n) is 8.21. The summed E-state index contributed by atoms with van der Waals surface area (Å²) in [6, 6.07) is 0. The monoisotopic (exact) mass is 172 g/mol. The minimum absolute atomic E-state index is 0.0949. The Morgan fingerprint density at radius 3 is 2.83 bits per heavy atom. The Bertz CT molecular complexity index is 106. The third-order valence-electron chi connectivity index (χ3n) is 2.14. The fourth-order valence-corrected chi connectivity index (χ4v) is 1.28. The van der Waals surface area contributed by atoms with Crippen LogP contribution in [-0.2, 0) is 9.47 Å². The second kappa shape index (κ2) is 5.55. The molecule has 0 aliphatic carbocycles. The smallest absolute Gasteiger partial charge is 0.157 e. The summed E-state index contributed by atoms with van der Waals surface area (Å²) >= 11 is 0. The lowest BCUT2D eigenvalue weighted by molar-refractivity contribution is -0.163. The Balaban J connectivity index is 1.98. The molecular weight excluding hydrogens is 152 g/mol. The molecule has 0 radical (unpaired) electrons. The normalized spacial score (nSPS) is 24.8. The van der Waals surface area contributed by atoms with Crippen molar-refractivity contribution >= 4 is 0 Å². The molecule has 0 spiro atoms. The lowest BCUT2D eigenvalue weighted by atomic mass is 10.1. The molecule has 2 nitrogen and oxygen atoms in total. The third-order valence-corrected chi connectivity index (χ3v) is 2.14. The van der Waals surface area contributed by atoms with Gasteiger partial charge in [0.2, 0.25) is 0 Å². The van der Waals surface area contributed by atoms with Gasteiger partial charge in [0.05, 0.1) is 0 Å². The fraction of sp³-hybridized carbons (Fsp3) is 1.00. The van der Waals surface area contributed by atoms with Gasteiger partial charge in [-0.3, -0.25) is 0 Å². The summed E-state index contributed by atoms with van der Waals surface area (Å²) in [6.45, 7) is 6.16. The largest absolute Gasteiger partial charge is 0.353 e. The standard InChI is InChI=1S/C10H20O2/c1-9(2)6-8-12-10-5-3-4-7-11-10/h9-10H,3-8H2,1-2H3. The van der Waals surface area contributed by atoms with E-state index in [-0.39, 0.29) is 6.29 Å². The van der Waals surface area contributed by atoms with E-state index in [1.807, 2.05) is 0 Å². The fourth-order valence-electron chi connectivity index (χ4n) is 1.28. The predicted molar refractivity (Wildman–Crippen MR) is 49.0 cm³/mol. The third kappa shape index (κ3) is 4.07. The molecule has 1 fully saturated rings. The van der Waals surface area contributed by atoms with Crippen molar-refractivity contribution in [1.29, 1.82) is 0 Å². The molecule has 1 unspecified atom stereocenters. The average Bonchev–Trinajstić information content (AvgIpc) is 2.05. The molecule has 0 aromatic heterocycles. The van der Waals surface area contributed by atoms with Crippen LogP contribution < -0.4 is 0 Å². The van der Waals surface area contributed by atoms with Crippen molar-refractivity contribution in [3.05, 3.63) is 0 Å². The lowest BCUT2D eigenvalue weighted by Gasteiger charge is -2.22. The maximum atomic E-state index is 5.57. The highest BCUT2D eigenvalue weighted by molar-refractivity contribution is 4.54. The highest BCUT2D eigenvalue weighted by Gasteiger charge is 2.13. The topological polar surface area (TPSA) is 18.5 Å². The van der Waals surface area contributed by atoms with Gasteiger partial charge >= 0.3 is 0 Å². The summed E-state index contributed by atoms with van der Waals surface area (Å²) in [5.74, 6) is 0.730. The van der Waals surface area contributed by atoms with Gasteiger partial charge in [-0.25, -0.2) is 0 Å². The molecule has 1 rings (SSSR count). The maximum Gasteiger partial charge on any atom is 0.157 e. The quantitative estimate of drug-likeness (QED) is 0.649. The van der Waals surface area contributed by atoms with E-state index in [9.17, 15) is 0 Å². The van der Waals surface area contributed by atoms with Gasteiger partial charge in [-0.1, -0.05) is 13.8 Å². The van der Waals surface area contributed by atoms with Crippen LogP contribution in [0.4, 0.5) is 0 Å². The first-order chi connectivity index (χ1) is 5.79. The van der Waals surface area contributed by atoms with Crippen LogP contribution in [0, 0.1) is 5.92 Å². The molecule has 0 saturated carbocycles. The van der Waals surface area contributed by atoms with Gasteiger partial charge in [-0.15, -0.1) is 0 Å². The van der Waals surface area contributed by atoms with E-state index in [4.69, 9.17) is 9.47 Å². The highest BCUT2D eigenvalue weighted by Crippen LogP contribution is 2.14. The SMILES string of the molecule is CC(C)CCOC1CCCCO1. The van der Waals surface area contributed by atoms with Crippen LogP contribution in [0.2, 0.25) is 0 Å². The molecular formula is C10H20O2. The number of ether oxygens (including phenoxy) is 2. The first-order valence-electron chi connectivity index (χ1n) is 5.02. The Kier molecular flexibility index (Phi) is 4.62. The Morgan fingerprint density at radius 1 is 1.42 bits per heavy atom. The van der Waals surface area contributed by atoms with E-state index in [0.717, 1.165) is 32.0 Å². The van der Waals surface area contributed by atoms with Gasteiger partial charge < -0.3 is 9.47 Å². The summed E-state index contributed by atoms with van der Waals surface area (Å²) in [4.78, 5) is 0. The predicted octanol–water partition coefficient (Wildman–Crippen LogP) is 2.58. The van der Waals surface area contributed by atoms with Crippen molar-refractivity contribution in [3.63, 3.8) is 0 Å². The summed E-state index contributed by atoms with van der Waals surface area (Å²) < 4.78 is 11.0. The maximum absolute atomic E-state index is 5.57. The van der Waals surface area contributed by atoms with E-state index in [2.05, 4.69) is 13.8 Å². The van der Waals surface area contributed by atoms with Crippen LogP contribution in [0.25, 0.3) is 0 Å². The Morgan fingerprint density at radius 2 is 2.25 bits per heavy atom. The molecule has 0 amide bonds. The van der Waals surface area contributed by atoms with Gasteiger partial charge in [-0.2, -0.15) is 0 Å². The van der Waals surface area contributed by atoms with Crippen molar-refractivity contribution in [3.8, 4) is 0 Å². The van der Waals surface area contributed by atoms with E-state index < -0.39 is 0 Å². The first-order valence-corrected chi connectivity index (χ1v) is 5.02. The molecule has 1 aliphatic rings. The van der Waals surface area contributed by atoms with Crippen LogP contribution in [0.15, 0.2) is 0 Å². The molecule has 0 N–H and O–H groups in total. The second-order valence-corrected chi connectivity index (χ2v) is 3.85. The van der Waals surface area contributed by atoms with E-state index in [0.29, 0.717) is 0 Å². The van der Waals surface area contributed by atoms with Crippen molar-refractivity contribution in [2.24, 2.45) is 5.92 Å². The van der Waals surface area contributed by atoms with Gasteiger partial charge in [0.25, 0.3) is 0 Å². The van der Waals surface area contributed by atoms with Gasteiger partial charge in [0, 0.05) is 13.2 Å². The van der Waals surface area contributed by atoms with Gasteiger partial charge in [-0.05, 0) is 31.6 Å². The minimum Gasteiger partial charge on any atom is -0.353 e. The molecule has 0 aromatic carbocycles. The van der Waals surface area contributed by atoms with Crippen LogP contribution in [0.5, 0.6) is 0 Å². The van der Waals surface area contributed by atoms with Crippen LogP contribution in [0.3, 0.4) is 0 Å². The number of hydrogen-bond acceptors (Lipinski definition) is 2. The highest BCUT2D eigenvalue weighted by atomic mass is 16.7. The molecule has 12 heavy (non-hydrogen) atoms. The van der Waals surface area contributed by atoms with Crippen LogP contribution >= 0.6 is 0 Å². The van der Waals surface area contributed by atoms with E-state index >= 15 is 0 Å². The first kappa shape index (κ1) is 10.0. The van der Waals surface area contributed by atoms with Crippen molar-refractivity contribution in [2.45, 2.75) is 45.8 Å². The summed E-state index contributed by atoms with van der Waals surface area (Å²) in [5.41, 5.74) is 0. The van der Waals surface area contributed by atoms with Crippen LogP contribution in [-0.4, -0.2) is 19.5 Å². The summed E-state index contributed by atoms with van der Waals surface area (Å²) in [7, 11) is 0. The summed E-state index contributed by atoms with van der Waals surface area (Å²) in [5, 5.41) is 0. The number of rotatable bonds is 4. The van der Waals surface area contributed by atoms with Crippen molar-refractivity contribution in [2.75, 3.05) is 13.2 Å². The van der Waals surface area contributed by atoms with E-state index in [1.165, 1.54) is 12.8 Å². The van der Waals surface area contributed by atoms with Gasteiger partial charge in [0.15, 0.2) is 6.29 Å². The molecule has 72 valence electrons. The van der Waals surface area contributed by atoms with E-state index in [1.54, 1.807) is 0 Å². The molecule has 0 aromatic rings. The number of hydrogen-bond donors (Lipinski definition) is 0. The summed E-state index contributed by atoms with van der Waals surface area (Å²) in [6.07, 6.45) is 4.77. The zero-order chi connectivity index (χ0) is 8.81. The average molecular weight is 172 g/mol. The molecule has 0 bridgehead atoms. The second-order valence-electron chi connectivity index (χ2n) is 3.85. The lowest BCUT2D eigenvalue weighted by Crippen LogP contribution is -2.22. The van der Waals surface area contributed by atoms with Crippen molar-refractivity contribution in [1.82, 2.24) is 0 Å². The Labute approximate surface area is 75.2 Å². The molecule has 1 heterocycles. The van der Waals surface area contributed by atoms with Crippen molar-refractivity contribution < 1.29 is 9.47 Å². The molecule has 1 saturated heterocycles. The minimum atomic E-state index is 0.0949. The molecule has 1 atom stereocenters. The molecule has 2 heteroatoms. The zero-order valence-corrected chi connectivity index (χ0v) is 8.21. The van der Waals surface area contributed by atoms with Crippen LogP contribution in [0.1, 0.15) is 39.5 Å². The van der Waals surface area contributed by atoms with Gasteiger partial charge in [0.1, 0.15) is 0 Å². The molecule has 1 aliphatic heterocycles.